The molecular formula is C16H17N9O2. The standard InChI is InChI=1S/C16H17N9O2/c1-22-7-9(5-18-22)10-6-19-25-12(17)4-13(20-14(10)25)23-2-3-24-11(8-23)15(26)21-16(24)27/h4-7,26H,2-3,8,17H2,1H3,(H,21,27). The summed E-state index contributed by atoms with van der Waals surface area (Å²) in [5, 5.41) is 18.5. The Morgan fingerprint density at radius 2 is 2.11 bits per heavy atom. The quantitative estimate of drug-likeness (QED) is 0.451. The van der Waals surface area contributed by atoms with Crippen molar-refractivity contribution >= 4 is 17.3 Å². The molecule has 0 radical (unpaired) electrons. The van der Waals surface area contributed by atoms with E-state index in [-0.39, 0.29) is 11.6 Å². The van der Waals surface area contributed by atoms with E-state index >= 15 is 0 Å². The van der Waals surface area contributed by atoms with E-state index in [0.717, 1.165) is 11.1 Å². The number of anilines is 2. The molecule has 0 aromatic carbocycles. The molecule has 4 aromatic rings. The Morgan fingerprint density at radius 3 is 2.89 bits per heavy atom. The Balaban J connectivity index is 1.60. The molecule has 0 bridgehead atoms. The van der Waals surface area contributed by atoms with Crippen LogP contribution in [0.4, 0.5) is 11.6 Å². The van der Waals surface area contributed by atoms with Gasteiger partial charge in [-0.1, -0.05) is 0 Å². The van der Waals surface area contributed by atoms with E-state index in [2.05, 4.69) is 15.2 Å². The number of nitrogens with one attached hydrogen (secondary N) is 1. The maximum atomic E-state index is 11.8. The van der Waals surface area contributed by atoms with Crippen molar-refractivity contribution in [3.8, 4) is 17.0 Å². The predicted molar refractivity (Wildman–Crippen MR) is 97.4 cm³/mol. The average Bonchev–Trinajstić information content (AvgIpc) is 3.33. The maximum Gasteiger partial charge on any atom is 0.328 e. The van der Waals surface area contributed by atoms with Gasteiger partial charge in [-0.15, -0.1) is 0 Å². The highest BCUT2D eigenvalue weighted by molar-refractivity contribution is 5.78. The van der Waals surface area contributed by atoms with E-state index in [4.69, 9.17) is 10.7 Å². The fraction of sp³-hybridized carbons (Fsp3) is 0.250. The van der Waals surface area contributed by atoms with Crippen molar-refractivity contribution in [1.82, 2.24) is 33.9 Å². The number of H-pyrrole nitrogens is 1. The third-order valence-electron chi connectivity index (χ3n) is 4.83. The lowest BCUT2D eigenvalue weighted by atomic mass is 10.2. The summed E-state index contributed by atoms with van der Waals surface area (Å²) >= 11 is 0. The van der Waals surface area contributed by atoms with Crippen molar-refractivity contribution in [2.45, 2.75) is 13.1 Å². The molecule has 138 valence electrons. The van der Waals surface area contributed by atoms with Gasteiger partial charge in [-0.2, -0.15) is 14.7 Å². The number of aromatic amines is 1. The summed E-state index contributed by atoms with van der Waals surface area (Å²) in [4.78, 5) is 20.9. The van der Waals surface area contributed by atoms with E-state index in [1.54, 1.807) is 27.7 Å². The van der Waals surface area contributed by atoms with Gasteiger partial charge in [-0.25, -0.2) is 9.78 Å². The minimum Gasteiger partial charge on any atom is -0.493 e. The van der Waals surface area contributed by atoms with Gasteiger partial charge in [0, 0.05) is 43.5 Å². The van der Waals surface area contributed by atoms with E-state index in [1.807, 2.05) is 18.1 Å². The van der Waals surface area contributed by atoms with Crippen LogP contribution in [0.25, 0.3) is 16.8 Å². The molecule has 5 rings (SSSR count). The van der Waals surface area contributed by atoms with E-state index in [0.29, 0.717) is 42.6 Å². The number of aromatic nitrogens is 7. The number of aromatic hydroxyl groups is 1. The summed E-state index contributed by atoms with van der Waals surface area (Å²) < 4.78 is 4.83. The smallest absolute Gasteiger partial charge is 0.328 e. The number of aryl methyl sites for hydroxylation is 1. The first-order chi connectivity index (χ1) is 13.0. The fourth-order valence-electron chi connectivity index (χ4n) is 3.46. The molecular weight excluding hydrogens is 350 g/mol. The van der Waals surface area contributed by atoms with E-state index < -0.39 is 0 Å². The van der Waals surface area contributed by atoms with Crippen LogP contribution in [0.3, 0.4) is 0 Å². The lowest BCUT2D eigenvalue weighted by Crippen LogP contribution is -2.37. The molecule has 11 nitrogen and oxygen atoms in total. The molecule has 0 unspecified atom stereocenters. The Labute approximate surface area is 152 Å². The summed E-state index contributed by atoms with van der Waals surface area (Å²) in [5.74, 6) is 0.996. The number of fused-ring (bicyclic) bond motifs is 2. The number of hydrogen-bond acceptors (Lipinski definition) is 7. The summed E-state index contributed by atoms with van der Waals surface area (Å²) in [6, 6.07) is 1.74. The molecule has 0 atom stereocenters. The SMILES string of the molecule is Cn1cc(-c2cnn3c(N)cc(N4CCn5c(c(O)[nH]c5=O)C4)nc23)cn1. The molecule has 0 spiro atoms. The maximum absolute atomic E-state index is 11.8. The molecule has 11 heteroatoms. The monoisotopic (exact) mass is 367 g/mol. The third-order valence-corrected chi connectivity index (χ3v) is 4.83. The van der Waals surface area contributed by atoms with Crippen molar-refractivity contribution in [1.29, 1.82) is 0 Å². The number of nitrogen functional groups attached to an aromatic ring is 1. The second kappa shape index (κ2) is 5.37. The van der Waals surface area contributed by atoms with Crippen LogP contribution >= 0.6 is 0 Å². The molecule has 0 amide bonds. The Bertz CT molecular complexity index is 1230. The van der Waals surface area contributed by atoms with Crippen LogP contribution in [0, 0.1) is 0 Å². The van der Waals surface area contributed by atoms with Gasteiger partial charge in [0.25, 0.3) is 0 Å². The van der Waals surface area contributed by atoms with Gasteiger partial charge in [0.05, 0.1) is 18.9 Å². The summed E-state index contributed by atoms with van der Waals surface area (Å²) in [6.07, 6.45) is 5.35. The van der Waals surface area contributed by atoms with Crippen LogP contribution in [-0.2, 0) is 20.1 Å². The van der Waals surface area contributed by atoms with Gasteiger partial charge in [0.2, 0.25) is 5.88 Å². The van der Waals surface area contributed by atoms with Crippen LogP contribution < -0.4 is 16.3 Å². The number of rotatable bonds is 2. The molecule has 0 fully saturated rings. The van der Waals surface area contributed by atoms with Crippen molar-refractivity contribution in [3.63, 3.8) is 0 Å². The van der Waals surface area contributed by atoms with Gasteiger partial charge in [-0.3, -0.25) is 14.2 Å². The molecule has 5 heterocycles. The minimum atomic E-state index is -0.306. The number of hydrogen-bond donors (Lipinski definition) is 3. The van der Waals surface area contributed by atoms with Crippen LogP contribution in [-0.4, -0.2) is 45.6 Å². The zero-order valence-electron chi connectivity index (χ0n) is 14.5. The van der Waals surface area contributed by atoms with Crippen molar-refractivity contribution in [2.24, 2.45) is 7.05 Å². The molecule has 4 N–H and O–H groups in total. The summed E-state index contributed by atoms with van der Waals surface area (Å²) in [6.45, 7) is 1.37. The fourth-order valence-corrected chi connectivity index (χ4v) is 3.46. The Kier molecular flexibility index (Phi) is 3.08. The lowest BCUT2D eigenvalue weighted by Gasteiger charge is -2.28. The molecule has 4 aromatic heterocycles. The molecule has 1 aliphatic rings. The van der Waals surface area contributed by atoms with Crippen LogP contribution in [0.15, 0.2) is 29.5 Å². The zero-order chi connectivity index (χ0) is 18.7. The van der Waals surface area contributed by atoms with Crippen LogP contribution in [0.1, 0.15) is 5.69 Å². The lowest BCUT2D eigenvalue weighted by molar-refractivity contribution is 0.439. The first-order valence-electron chi connectivity index (χ1n) is 8.40. The van der Waals surface area contributed by atoms with Crippen molar-refractivity contribution in [3.05, 3.63) is 40.8 Å². The van der Waals surface area contributed by atoms with Crippen LogP contribution in [0.2, 0.25) is 0 Å². The molecule has 1 aliphatic heterocycles. The van der Waals surface area contributed by atoms with Gasteiger partial charge < -0.3 is 15.7 Å². The number of nitrogens with two attached hydrogens (primary N) is 1. The summed E-state index contributed by atoms with van der Waals surface area (Å²) in [7, 11) is 1.85. The Hall–Kier alpha value is -3.76. The third kappa shape index (κ3) is 2.28. The highest BCUT2D eigenvalue weighted by Gasteiger charge is 2.24. The number of nitrogens with zero attached hydrogens (tertiary/aromatic N) is 7. The van der Waals surface area contributed by atoms with Gasteiger partial charge in [0.1, 0.15) is 17.3 Å². The highest BCUT2D eigenvalue weighted by Crippen LogP contribution is 2.29. The van der Waals surface area contributed by atoms with E-state index in [1.165, 1.54) is 4.57 Å². The van der Waals surface area contributed by atoms with E-state index in [9.17, 15) is 9.90 Å². The van der Waals surface area contributed by atoms with Gasteiger partial charge in [-0.05, 0) is 0 Å². The average molecular weight is 367 g/mol. The first kappa shape index (κ1) is 15.5. The molecule has 27 heavy (non-hydrogen) atoms. The second-order valence-corrected chi connectivity index (χ2v) is 6.53. The van der Waals surface area contributed by atoms with Crippen molar-refractivity contribution in [2.75, 3.05) is 17.2 Å². The van der Waals surface area contributed by atoms with Gasteiger partial charge in [0.15, 0.2) is 5.65 Å². The molecule has 0 aliphatic carbocycles. The highest BCUT2D eigenvalue weighted by atomic mass is 16.3. The normalized spacial score (nSPS) is 14.0. The minimum absolute atomic E-state index is 0.112. The largest absolute Gasteiger partial charge is 0.493 e. The second-order valence-electron chi connectivity index (χ2n) is 6.53. The van der Waals surface area contributed by atoms with Crippen molar-refractivity contribution < 1.29 is 5.11 Å². The topological polar surface area (TPSA) is 135 Å². The first-order valence-corrected chi connectivity index (χ1v) is 8.40. The van der Waals surface area contributed by atoms with Crippen LogP contribution in [0.5, 0.6) is 5.88 Å². The predicted octanol–water partition coefficient (Wildman–Crippen LogP) is -0.0724. The Morgan fingerprint density at radius 1 is 1.26 bits per heavy atom. The molecule has 0 saturated carbocycles. The summed E-state index contributed by atoms with van der Waals surface area (Å²) in [5.41, 5.74) is 8.77. The van der Waals surface area contributed by atoms with Gasteiger partial charge >= 0.3 is 5.69 Å². The zero-order valence-corrected chi connectivity index (χ0v) is 14.5. The number of imidazole rings is 1. The molecule has 0 saturated heterocycles.